The molecule has 4 aromatic carbocycles. The summed E-state index contributed by atoms with van der Waals surface area (Å²) in [7, 11) is 0. The first kappa shape index (κ1) is 42.5. The smallest absolute Gasteiger partial charge is 0.196 e. The average Bonchev–Trinajstić information content (AvgIpc) is 4.04. The van der Waals surface area contributed by atoms with Crippen molar-refractivity contribution >= 4 is 28.4 Å². The Morgan fingerprint density at radius 2 is 1.52 bits per heavy atom. The van der Waals surface area contributed by atoms with E-state index in [-0.39, 0.29) is 23.7 Å². The quantitative estimate of drug-likeness (QED) is 0.146. The van der Waals surface area contributed by atoms with Crippen molar-refractivity contribution in [1.29, 1.82) is 0 Å². The van der Waals surface area contributed by atoms with Crippen LogP contribution in [0.2, 0.25) is 0 Å². The Morgan fingerprint density at radius 1 is 0.818 bits per heavy atom. The van der Waals surface area contributed by atoms with Crippen molar-refractivity contribution in [2.24, 2.45) is 4.99 Å². The van der Waals surface area contributed by atoms with Crippen LogP contribution in [0.3, 0.4) is 0 Å². The number of aromatic nitrogens is 4. The van der Waals surface area contributed by atoms with E-state index < -0.39 is 5.60 Å². The molecule has 11 nitrogen and oxygen atoms in total. The number of anilines is 2. The lowest BCUT2D eigenvalue weighted by atomic mass is 9.69. The Balaban J connectivity index is 0.729. The van der Waals surface area contributed by atoms with Crippen LogP contribution in [0.25, 0.3) is 5.00 Å². The van der Waals surface area contributed by atoms with Crippen LogP contribution in [0.15, 0.2) is 113 Å². The number of benzene rings is 4. The Bertz CT molecular complexity index is 2880. The summed E-state index contributed by atoms with van der Waals surface area (Å²) in [4.78, 5) is 18.3. The van der Waals surface area contributed by atoms with Crippen molar-refractivity contribution in [3.63, 3.8) is 0 Å². The number of phenolic OH excluding ortho intramolecular Hbond substituents is 1. The zero-order valence-corrected chi connectivity index (χ0v) is 38.5. The van der Waals surface area contributed by atoms with E-state index in [0.717, 1.165) is 96.8 Å². The molecular formula is C53H55FN8O3S. The molecule has 11 rings (SSSR count). The number of aromatic hydroxyl groups is 1. The lowest BCUT2D eigenvalue weighted by Gasteiger charge is -2.44. The minimum Gasteiger partial charge on any atom is -0.508 e. The number of β-amino-alcohol motifs (C(OH)–C–C–N with tert-alkyl or cyclic N) is 1. The molecule has 7 aromatic rings. The predicted octanol–water partition coefficient (Wildman–Crippen LogP) is 9.24. The molecule has 3 atom stereocenters. The predicted molar refractivity (Wildman–Crippen MR) is 257 cm³/mol. The van der Waals surface area contributed by atoms with Gasteiger partial charge in [-0.1, -0.05) is 42.5 Å². The van der Waals surface area contributed by atoms with Crippen LogP contribution in [-0.2, 0) is 12.8 Å². The summed E-state index contributed by atoms with van der Waals surface area (Å²) in [5.41, 5.74) is 10.7. The van der Waals surface area contributed by atoms with E-state index >= 15 is 0 Å². The van der Waals surface area contributed by atoms with Crippen molar-refractivity contribution in [2.75, 3.05) is 55.6 Å². The van der Waals surface area contributed by atoms with E-state index in [9.17, 15) is 14.6 Å². The van der Waals surface area contributed by atoms with E-state index in [4.69, 9.17) is 9.41 Å². The number of halogens is 1. The molecular weight excluding hydrogens is 848 g/mol. The number of phenols is 1. The lowest BCUT2D eigenvalue weighted by Crippen LogP contribution is -2.55. The first-order valence-electron chi connectivity index (χ1n) is 23.3. The average molecular weight is 903 g/mol. The van der Waals surface area contributed by atoms with Crippen molar-refractivity contribution in [1.82, 2.24) is 24.6 Å². The first-order chi connectivity index (χ1) is 32.1. The number of hydrogen-bond donors (Lipinski definition) is 2. The summed E-state index contributed by atoms with van der Waals surface area (Å²) in [5.74, 6) is 2.64. The molecule has 0 radical (unpaired) electrons. The van der Waals surface area contributed by atoms with Gasteiger partial charge >= 0.3 is 0 Å². The Morgan fingerprint density at radius 3 is 2.23 bits per heavy atom. The molecule has 2 fully saturated rings. The van der Waals surface area contributed by atoms with Gasteiger partial charge in [-0.25, -0.2) is 9.37 Å². The van der Waals surface area contributed by atoms with Gasteiger partial charge in [0.05, 0.1) is 23.9 Å². The van der Waals surface area contributed by atoms with Crippen LogP contribution in [0.1, 0.15) is 98.5 Å². The molecule has 4 aliphatic rings. The van der Waals surface area contributed by atoms with Gasteiger partial charge in [0.1, 0.15) is 34.7 Å². The number of thiophene rings is 1. The maximum absolute atomic E-state index is 13.9. The molecule has 0 bridgehead atoms. The summed E-state index contributed by atoms with van der Waals surface area (Å²) >= 11 is 1.75. The fourth-order valence-electron chi connectivity index (χ4n) is 11.0. The second-order valence-electron chi connectivity index (χ2n) is 18.7. The Kier molecular flexibility index (Phi) is 11.1. The topological polar surface area (TPSA) is 119 Å². The minimum atomic E-state index is -0.733. The first-order valence-corrected chi connectivity index (χ1v) is 24.1. The number of rotatable bonds is 9. The van der Waals surface area contributed by atoms with Gasteiger partial charge in [-0.3, -0.25) is 14.5 Å². The highest BCUT2D eigenvalue weighted by Gasteiger charge is 2.37. The zero-order valence-electron chi connectivity index (χ0n) is 37.7. The summed E-state index contributed by atoms with van der Waals surface area (Å²) < 4.78 is 21.8. The SMILES string of the molecule is Cc1sc2c(c1C)C(c1ccc(N3CCC(O)(CN4CCN(c5ccc([C@@H]6c7ccc(O)cc7CC[C@@H]6c6ccc(F)cc6)cc5)CC4)CC3)cc1)=N[C@H](Cc1ncco1)c1nnc(C)n1-2. The second-order valence-corrected chi connectivity index (χ2v) is 19.9. The highest BCUT2D eigenvalue weighted by atomic mass is 32.1. The summed E-state index contributed by atoms with van der Waals surface area (Å²) in [5, 5.41) is 32.4. The zero-order chi connectivity index (χ0) is 45.1. The molecule has 3 aromatic heterocycles. The van der Waals surface area contributed by atoms with Gasteiger partial charge in [-0.05, 0) is 129 Å². The normalized spacial score (nSPS) is 20.6. The third-order valence-corrected chi connectivity index (χ3v) is 15.9. The standard InChI is InChI=1S/C53H55FN8O3S/c1-33-34(2)66-52-48(33)50(56-46(31-47-55-22-29-65-47)51-58-57-35(3)62(51)52)38-8-15-41(16-9-38)60-23-20-53(64,21-24-60)32-59-25-27-61(28-26-59)42-13-6-37(7-14-42)49-44(36-4-11-40(54)12-5-36)18-10-39-30-43(63)17-19-45(39)49/h4-9,11-17,19,22,29-30,44,46,49,63-64H,10,18,20-21,23-28,31-32H2,1-3H3/t44-,46-,49+/m1/s1. The van der Waals surface area contributed by atoms with Gasteiger partial charge in [-0.2, -0.15) is 0 Å². The molecule has 13 heteroatoms. The van der Waals surface area contributed by atoms with Gasteiger partial charge in [0.2, 0.25) is 0 Å². The molecule has 3 aliphatic heterocycles. The molecule has 0 amide bonds. The van der Waals surface area contributed by atoms with Crippen molar-refractivity contribution < 1.29 is 19.0 Å². The molecule has 0 unspecified atom stereocenters. The van der Waals surface area contributed by atoms with Gasteiger partial charge in [0.15, 0.2) is 11.7 Å². The van der Waals surface area contributed by atoms with Crippen molar-refractivity contribution in [2.45, 2.75) is 76.4 Å². The minimum absolute atomic E-state index is 0.113. The summed E-state index contributed by atoms with van der Waals surface area (Å²) in [6.45, 7) is 12.2. The highest BCUT2D eigenvalue weighted by molar-refractivity contribution is 7.15. The maximum Gasteiger partial charge on any atom is 0.196 e. The monoisotopic (exact) mass is 902 g/mol. The van der Waals surface area contributed by atoms with Crippen LogP contribution in [0, 0.1) is 26.6 Å². The van der Waals surface area contributed by atoms with Crippen LogP contribution in [0.5, 0.6) is 5.75 Å². The van der Waals surface area contributed by atoms with Gasteiger partial charge < -0.3 is 24.4 Å². The second kappa shape index (κ2) is 17.3. The number of aliphatic imine (C=N–C) groups is 1. The number of nitrogens with zero attached hydrogens (tertiary/aromatic N) is 8. The van der Waals surface area contributed by atoms with Gasteiger partial charge in [0, 0.05) is 79.1 Å². The Hall–Kier alpha value is -6.15. The highest BCUT2D eigenvalue weighted by Crippen LogP contribution is 2.47. The molecule has 2 N–H and O–H groups in total. The van der Waals surface area contributed by atoms with Crippen LogP contribution < -0.4 is 9.80 Å². The van der Waals surface area contributed by atoms with Gasteiger partial charge in [-0.15, -0.1) is 21.5 Å². The van der Waals surface area contributed by atoms with Crippen LogP contribution in [-0.4, -0.2) is 92.0 Å². The van der Waals surface area contributed by atoms with E-state index in [2.05, 4.69) is 103 Å². The fraction of sp³-hybridized carbons (Fsp3) is 0.358. The molecule has 6 heterocycles. The van der Waals surface area contributed by atoms with Gasteiger partial charge in [0.25, 0.3) is 0 Å². The molecule has 1 aliphatic carbocycles. The molecule has 338 valence electrons. The van der Waals surface area contributed by atoms with Crippen molar-refractivity contribution in [3.8, 4) is 10.8 Å². The van der Waals surface area contributed by atoms with Crippen molar-refractivity contribution in [3.05, 3.63) is 171 Å². The maximum atomic E-state index is 13.9. The third-order valence-electron chi connectivity index (χ3n) is 14.7. The van der Waals surface area contributed by atoms with E-state index in [0.29, 0.717) is 37.4 Å². The number of piperazine rings is 1. The molecule has 0 saturated carbocycles. The Labute approximate surface area is 388 Å². The number of aryl methyl sites for hydroxylation is 3. The summed E-state index contributed by atoms with van der Waals surface area (Å²) in [6, 6.07) is 30.2. The number of piperidine rings is 1. The van der Waals surface area contributed by atoms with E-state index in [1.165, 1.54) is 32.8 Å². The number of aliphatic hydroxyl groups is 1. The number of oxazole rings is 1. The van der Waals surface area contributed by atoms with Crippen LogP contribution >= 0.6 is 11.3 Å². The lowest BCUT2D eigenvalue weighted by molar-refractivity contribution is -0.0173. The summed E-state index contributed by atoms with van der Waals surface area (Å²) in [6.07, 6.45) is 6.98. The number of fused-ring (bicyclic) bond motifs is 4. The molecule has 0 spiro atoms. The number of hydrogen-bond acceptors (Lipinski definition) is 11. The molecule has 66 heavy (non-hydrogen) atoms. The molecule has 2 saturated heterocycles. The largest absolute Gasteiger partial charge is 0.508 e. The van der Waals surface area contributed by atoms with E-state index in [1.54, 1.807) is 42.0 Å². The van der Waals surface area contributed by atoms with Crippen LogP contribution in [0.4, 0.5) is 15.8 Å². The van der Waals surface area contributed by atoms with E-state index in [1.807, 2.05) is 25.1 Å². The fourth-order valence-corrected chi connectivity index (χ4v) is 12.2. The third kappa shape index (κ3) is 8.00.